The summed E-state index contributed by atoms with van der Waals surface area (Å²) in [5, 5.41) is 3.20. The minimum atomic E-state index is -0.0139. The van der Waals surface area contributed by atoms with Gasteiger partial charge in [0.25, 0.3) is 6.01 Å². The zero-order chi connectivity index (χ0) is 11.0. The third-order valence-corrected chi connectivity index (χ3v) is 1.75. The summed E-state index contributed by atoms with van der Waals surface area (Å²) in [6, 6.07) is 0.599. The monoisotopic (exact) mass is 196 g/mol. The number of anilines is 1. The SMILES string of the molecule is CC(C)(C)Nc1nc(C(C)(C)C)co1. The molecule has 14 heavy (non-hydrogen) atoms. The lowest BCUT2D eigenvalue weighted by molar-refractivity contribution is 0.523. The third kappa shape index (κ3) is 3.05. The van der Waals surface area contributed by atoms with Gasteiger partial charge in [0.2, 0.25) is 0 Å². The van der Waals surface area contributed by atoms with Crippen LogP contribution in [-0.2, 0) is 5.41 Å². The van der Waals surface area contributed by atoms with Crippen molar-refractivity contribution >= 4 is 6.01 Å². The summed E-state index contributed by atoms with van der Waals surface area (Å²) in [6.45, 7) is 12.6. The molecule has 1 rings (SSSR count). The fraction of sp³-hybridized carbons (Fsp3) is 0.727. The van der Waals surface area contributed by atoms with Crippen LogP contribution in [0.25, 0.3) is 0 Å². The Morgan fingerprint density at radius 3 is 2.07 bits per heavy atom. The van der Waals surface area contributed by atoms with Crippen molar-refractivity contribution in [1.29, 1.82) is 0 Å². The predicted octanol–water partition coefficient (Wildman–Crippen LogP) is 3.18. The van der Waals surface area contributed by atoms with E-state index < -0.39 is 0 Å². The van der Waals surface area contributed by atoms with Gasteiger partial charge in [-0.15, -0.1) is 0 Å². The molecule has 0 radical (unpaired) electrons. The lowest BCUT2D eigenvalue weighted by Gasteiger charge is -2.18. The Balaban J connectivity index is 2.79. The number of aromatic nitrogens is 1. The average Bonchev–Trinajstić information content (AvgIpc) is 2.29. The number of rotatable bonds is 1. The fourth-order valence-corrected chi connectivity index (χ4v) is 0.996. The number of nitrogens with zero attached hydrogens (tertiary/aromatic N) is 1. The molecule has 0 atom stereocenters. The van der Waals surface area contributed by atoms with E-state index in [1.54, 1.807) is 6.26 Å². The Morgan fingerprint density at radius 1 is 1.14 bits per heavy atom. The summed E-state index contributed by atoms with van der Waals surface area (Å²) in [7, 11) is 0. The summed E-state index contributed by atoms with van der Waals surface area (Å²) in [5.74, 6) is 0. The summed E-state index contributed by atoms with van der Waals surface area (Å²) in [5.41, 5.74) is 1.01. The van der Waals surface area contributed by atoms with E-state index in [9.17, 15) is 0 Å². The fourth-order valence-electron chi connectivity index (χ4n) is 0.996. The van der Waals surface area contributed by atoms with Crippen LogP contribution in [0.2, 0.25) is 0 Å². The first-order valence-corrected chi connectivity index (χ1v) is 4.93. The highest BCUT2D eigenvalue weighted by molar-refractivity contribution is 5.27. The summed E-state index contributed by atoms with van der Waals surface area (Å²) in [6.07, 6.45) is 1.72. The first kappa shape index (κ1) is 11.1. The molecule has 0 aliphatic heterocycles. The quantitative estimate of drug-likeness (QED) is 0.749. The van der Waals surface area contributed by atoms with Crippen LogP contribution in [0, 0.1) is 0 Å². The van der Waals surface area contributed by atoms with Gasteiger partial charge in [0.15, 0.2) is 0 Å². The Hall–Kier alpha value is -0.990. The van der Waals surface area contributed by atoms with Crippen LogP contribution in [0.1, 0.15) is 47.2 Å². The molecule has 80 valence electrons. The van der Waals surface area contributed by atoms with Crippen LogP contribution in [0.5, 0.6) is 0 Å². The molecular formula is C11H20N2O. The van der Waals surface area contributed by atoms with Crippen LogP contribution in [0.4, 0.5) is 6.01 Å². The predicted molar refractivity (Wildman–Crippen MR) is 58.6 cm³/mol. The highest BCUT2D eigenvalue weighted by atomic mass is 16.4. The second-order valence-corrected chi connectivity index (χ2v) is 5.66. The highest BCUT2D eigenvalue weighted by Gasteiger charge is 2.20. The summed E-state index contributed by atoms with van der Waals surface area (Å²) >= 11 is 0. The van der Waals surface area contributed by atoms with E-state index in [1.165, 1.54) is 0 Å². The van der Waals surface area contributed by atoms with Gasteiger partial charge in [0.1, 0.15) is 6.26 Å². The summed E-state index contributed by atoms with van der Waals surface area (Å²) < 4.78 is 5.34. The number of hydrogen-bond donors (Lipinski definition) is 1. The minimum absolute atomic E-state index is 0.0139. The molecule has 3 heteroatoms. The molecule has 1 aromatic rings. The van der Waals surface area contributed by atoms with Crippen molar-refractivity contribution in [2.75, 3.05) is 5.32 Å². The maximum atomic E-state index is 5.34. The average molecular weight is 196 g/mol. The molecule has 0 aromatic carbocycles. The maximum absolute atomic E-state index is 5.34. The first-order valence-electron chi connectivity index (χ1n) is 4.93. The normalized spacial score (nSPS) is 13.0. The van der Waals surface area contributed by atoms with Crippen LogP contribution >= 0.6 is 0 Å². The number of oxazole rings is 1. The van der Waals surface area contributed by atoms with Crippen molar-refractivity contribution < 1.29 is 4.42 Å². The first-order chi connectivity index (χ1) is 6.18. The van der Waals surface area contributed by atoms with E-state index in [0.29, 0.717) is 6.01 Å². The van der Waals surface area contributed by atoms with Gasteiger partial charge in [-0.3, -0.25) is 0 Å². The number of nitrogens with one attached hydrogen (secondary N) is 1. The summed E-state index contributed by atoms with van der Waals surface area (Å²) in [4.78, 5) is 4.39. The van der Waals surface area contributed by atoms with Gasteiger partial charge in [0.05, 0.1) is 5.69 Å². The van der Waals surface area contributed by atoms with E-state index in [0.717, 1.165) is 5.69 Å². The van der Waals surface area contributed by atoms with Crippen molar-refractivity contribution in [3.8, 4) is 0 Å². The zero-order valence-corrected chi connectivity index (χ0v) is 9.93. The van der Waals surface area contributed by atoms with Crippen molar-refractivity contribution in [2.24, 2.45) is 0 Å². The topological polar surface area (TPSA) is 38.1 Å². The molecule has 1 aromatic heterocycles. The van der Waals surface area contributed by atoms with E-state index in [2.05, 4.69) is 51.8 Å². The maximum Gasteiger partial charge on any atom is 0.295 e. The molecule has 0 unspecified atom stereocenters. The van der Waals surface area contributed by atoms with E-state index in [4.69, 9.17) is 4.42 Å². The van der Waals surface area contributed by atoms with Gasteiger partial charge in [-0.2, -0.15) is 4.98 Å². The molecule has 3 nitrogen and oxygen atoms in total. The highest BCUT2D eigenvalue weighted by Crippen LogP contribution is 2.23. The largest absolute Gasteiger partial charge is 0.432 e. The second-order valence-electron chi connectivity index (χ2n) is 5.66. The molecule has 1 N–H and O–H groups in total. The Kier molecular flexibility index (Phi) is 2.61. The van der Waals surface area contributed by atoms with Crippen LogP contribution in [0.3, 0.4) is 0 Å². The van der Waals surface area contributed by atoms with Crippen LogP contribution in [-0.4, -0.2) is 10.5 Å². The standard InChI is InChI=1S/C11H20N2O/c1-10(2,3)8-7-14-9(12-8)13-11(4,5)6/h7H,1-6H3,(H,12,13). The van der Waals surface area contributed by atoms with Crippen LogP contribution < -0.4 is 5.32 Å². The Labute approximate surface area is 85.9 Å². The van der Waals surface area contributed by atoms with Crippen molar-refractivity contribution in [3.63, 3.8) is 0 Å². The molecule has 1 heterocycles. The number of hydrogen-bond acceptors (Lipinski definition) is 3. The second kappa shape index (κ2) is 3.30. The zero-order valence-electron chi connectivity index (χ0n) is 9.93. The van der Waals surface area contributed by atoms with E-state index in [-0.39, 0.29) is 11.0 Å². The molecule has 0 amide bonds. The molecule has 0 saturated heterocycles. The molecule has 0 spiro atoms. The molecule has 0 saturated carbocycles. The van der Waals surface area contributed by atoms with Crippen molar-refractivity contribution in [2.45, 2.75) is 52.5 Å². The Bertz CT molecular complexity index is 302. The van der Waals surface area contributed by atoms with Gasteiger partial charge in [-0.1, -0.05) is 20.8 Å². The minimum Gasteiger partial charge on any atom is -0.432 e. The molecule has 0 fully saturated rings. The van der Waals surface area contributed by atoms with Gasteiger partial charge >= 0.3 is 0 Å². The van der Waals surface area contributed by atoms with E-state index in [1.807, 2.05) is 0 Å². The van der Waals surface area contributed by atoms with Gasteiger partial charge in [-0.25, -0.2) is 0 Å². The van der Waals surface area contributed by atoms with Crippen LogP contribution in [0.15, 0.2) is 10.7 Å². The van der Waals surface area contributed by atoms with E-state index >= 15 is 0 Å². The smallest absolute Gasteiger partial charge is 0.295 e. The molecular weight excluding hydrogens is 176 g/mol. The van der Waals surface area contributed by atoms with Gasteiger partial charge in [0, 0.05) is 11.0 Å². The molecule has 0 bridgehead atoms. The Morgan fingerprint density at radius 2 is 1.71 bits per heavy atom. The lowest BCUT2D eigenvalue weighted by Crippen LogP contribution is -2.26. The van der Waals surface area contributed by atoms with Crippen molar-refractivity contribution in [1.82, 2.24) is 4.98 Å². The van der Waals surface area contributed by atoms with Gasteiger partial charge in [-0.05, 0) is 20.8 Å². The molecule has 0 aliphatic carbocycles. The molecule has 0 aliphatic rings. The van der Waals surface area contributed by atoms with Gasteiger partial charge < -0.3 is 9.73 Å². The lowest BCUT2D eigenvalue weighted by atomic mass is 9.93. The van der Waals surface area contributed by atoms with Crippen molar-refractivity contribution in [3.05, 3.63) is 12.0 Å². The third-order valence-electron chi connectivity index (χ3n) is 1.75.